The first-order chi connectivity index (χ1) is 6.29. The van der Waals surface area contributed by atoms with Crippen LogP contribution in [0.5, 0.6) is 0 Å². The number of hydrogen-bond acceptors (Lipinski definition) is 2. The summed E-state index contributed by atoms with van der Waals surface area (Å²) in [6, 6.07) is 10.1. The molecular formula is C11H17NO. The van der Waals surface area contributed by atoms with Crippen LogP contribution in [0.2, 0.25) is 0 Å². The van der Waals surface area contributed by atoms with Gasteiger partial charge in [0.25, 0.3) is 0 Å². The molecule has 0 bridgehead atoms. The molecule has 1 aromatic rings. The maximum atomic E-state index is 9.66. The van der Waals surface area contributed by atoms with Crippen molar-refractivity contribution in [1.82, 2.24) is 5.32 Å². The fourth-order valence-electron chi connectivity index (χ4n) is 1.54. The molecule has 0 aliphatic rings. The van der Waals surface area contributed by atoms with Gasteiger partial charge in [0.1, 0.15) is 6.23 Å². The second-order valence-electron chi connectivity index (χ2n) is 3.16. The lowest BCUT2D eigenvalue weighted by molar-refractivity contribution is 0.114. The van der Waals surface area contributed by atoms with Gasteiger partial charge >= 0.3 is 0 Å². The van der Waals surface area contributed by atoms with Crippen molar-refractivity contribution in [3.63, 3.8) is 0 Å². The Bertz CT molecular complexity index is 235. The smallest absolute Gasteiger partial charge is 0.111 e. The lowest BCUT2D eigenvalue weighted by atomic mass is 9.95. The average molecular weight is 179 g/mol. The van der Waals surface area contributed by atoms with Crippen LogP contribution >= 0.6 is 0 Å². The molecule has 0 aliphatic carbocycles. The van der Waals surface area contributed by atoms with Crippen molar-refractivity contribution in [3.05, 3.63) is 35.9 Å². The summed E-state index contributed by atoms with van der Waals surface area (Å²) >= 11 is 0. The molecule has 1 rings (SSSR count). The van der Waals surface area contributed by atoms with Gasteiger partial charge in [-0.25, -0.2) is 0 Å². The Morgan fingerprint density at radius 2 is 1.92 bits per heavy atom. The molecule has 2 nitrogen and oxygen atoms in total. The van der Waals surface area contributed by atoms with Gasteiger partial charge in [-0.3, -0.25) is 5.32 Å². The summed E-state index contributed by atoms with van der Waals surface area (Å²) in [6.45, 7) is 2.08. The molecule has 2 atom stereocenters. The van der Waals surface area contributed by atoms with Crippen LogP contribution in [-0.4, -0.2) is 18.4 Å². The lowest BCUT2D eigenvalue weighted by Crippen LogP contribution is -2.31. The highest BCUT2D eigenvalue weighted by Gasteiger charge is 2.16. The quantitative estimate of drug-likeness (QED) is 0.690. The molecule has 2 N–H and O–H groups in total. The third-order valence-electron chi connectivity index (χ3n) is 2.34. The van der Waals surface area contributed by atoms with Crippen LogP contribution in [0.1, 0.15) is 24.8 Å². The Morgan fingerprint density at radius 1 is 1.31 bits per heavy atom. The van der Waals surface area contributed by atoms with Gasteiger partial charge in [0.05, 0.1) is 0 Å². The van der Waals surface area contributed by atoms with Crippen molar-refractivity contribution in [1.29, 1.82) is 0 Å². The van der Waals surface area contributed by atoms with E-state index in [1.165, 1.54) is 5.56 Å². The van der Waals surface area contributed by atoms with Crippen molar-refractivity contribution in [2.45, 2.75) is 25.5 Å². The fourth-order valence-corrected chi connectivity index (χ4v) is 1.54. The van der Waals surface area contributed by atoms with E-state index in [0.29, 0.717) is 0 Å². The minimum atomic E-state index is -0.451. The molecule has 0 spiro atoms. The molecule has 0 saturated heterocycles. The van der Waals surface area contributed by atoms with Crippen LogP contribution in [0.15, 0.2) is 30.3 Å². The number of nitrogens with one attached hydrogen (secondary N) is 1. The number of rotatable bonds is 4. The Balaban J connectivity index is 2.78. The Labute approximate surface area is 79.6 Å². The number of aliphatic hydroxyl groups excluding tert-OH is 1. The third kappa shape index (κ3) is 2.54. The Hall–Kier alpha value is -0.860. The van der Waals surface area contributed by atoms with Crippen LogP contribution in [0.4, 0.5) is 0 Å². The van der Waals surface area contributed by atoms with E-state index >= 15 is 0 Å². The zero-order valence-corrected chi connectivity index (χ0v) is 8.20. The first kappa shape index (κ1) is 10.2. The molecule has 0 aromatic heterocycles. The monoisotopic (exact) mass is 179 g/mol. The van der Waals surface area contributed by atoms with Crippen LogP contribution in [0, 0.1) is 0 Å². The number of hydrogen-bond donors (Lipinski definition) is 2. The van der Waals surface area contributed by atoms with Gasteiger partial charge in [-0.15, -0.1) is 0 Å². The summed E-state index contributed by atoms with van der Waals surface area (Å²) in [5.74, 6) is 0.186. The minimum absolute atomic E-state index is 0.186. The van der Waals surface area contributed by atoms with Crippen LogP contribution in [-0.2, 0) is 0 Å². The SMILES string of the molecule is CCC(c1ccccc1)C(O)NC. The second kappa shape index (κ2) is 5.00. The Kier molecular flexibility index (Phi) is 3.93. The van der Waals surface area contributed by atoms with Gasteiger partial charge in [0, 0.05) is 5.92 Å². The standard InChI is InChI=1S/C11H17NO/c1-3-10(11(13)12-2)9-7-5-4-6-8-9/h4-8,10-13H,3H2,1-2H3. The second-order valence-corrected chi connectivity index (χ2v) is 3.16. The molecule has 72 valence electrons. The van der Waals surface area contributed by atoms with E-state index < -0.39 is 6.23 Å². The molecule has 0 aliphatic heterocycles. The van der Waals surface area contributed by atoms with E-state index in [4.69, 9.17) is 0 Å². The molecule has 1 aromatic carbocycles. The lowest BCUT2D eigenvalue weighted by Gasteiger charge is -2.21. The van der Waals surface area contributed by atoms with E-state index in [1.807, 2.05) is 18.2 Å². The van der Waals surface area contributed by atoms with E-state index in [-0.39, 0.29) is 5.92 Å². The molecule has 2 heteroatoms. The minimum Gasteiger partial charge on any atom is -0.378 e. The third-order valence-corrected chi connectivity index (χ3v) is 2.34. The largest absolute Gasteiger partial charge is 0.378 e. The van der Waals surface area contributed by atoms with Crippen molar-refractivity contribution < 1.29 is 5.11 Å². The summed E-state index contributed by atoms with van der Waals surface area (Å²) in [5.41, 5.74) is 1.19. The van der Waals surface area contributed by atoms with E-state index in [2.05, 4.69) is 24.4 Å². The normalized spacial score (nSPS) is 15.3. The Morgan fingerprint density at radius 3 is 2.38 bits per heavy atom. The number of aliphatic hydroxyl groups is 1. The summed E-state index contributed by atoms with van der Waals surface area (Å²) in [4.78, 5) is 0. The van der Waals surface area contributed by atoms with Crippen LogP contribution in [0.25, 0.3) is 0 Å². The van der Waals surface area contributed by atoms with E-state index in [0.717, 1.165) is 6.42 Å². The highest BCUT2D eigenvalue weighted by molar-refractivity contribution is 5.20. The first-order valence-electron chi connectivity index (χ1n) is 4.69. The number of benzene rings is 1. The summed E-state index contributed by atoms with van der Waals surface area (Å²) in [5, 5.41) is 12.5. The van der Waals surface area contributed by atoms with Gasteiger partial charge in [-0.2, -0.15) is 0 Å². The molecular weight excluding hydrogens is 162 g/mol. The maximum Gasteiger partial charge on any atom is 0.111 e. The molecule has 0 radical (unpaired) electrons. The van der Waals surface area contributed by atoms with Crippen molar-refractivity contribution in [2.24, 2.45) is 0 Å². The summed E-state index contributed by atoms with van der Waals surface area (Å²) < 4.78 is 0. The first-order valence-corrected chi connectivity index (χ1v) is 4.69. The van der Waals surface area contributed by atoms with Gasteiger partial charge in [-0.05, 0) is 19.0 Å². The van der Waals surface area contributed by atoms with Crippen LogP contribution < -0.4 is 5.32 Å². The fraction of sp³-hybridized carbons (Fsp3) is 0.455. The van der Waals surface area contributed by atoms with Gasteiger partial charge in [-0.1, -0.05) is 37.3 Å². The highest BCUT2D eigenvalue weighted by atomic mass is 16.3. The highest BCUT2D eigenvalue weighted by Crippen LogP contribution is 2.21. The number of likely N-dealkylation sites (N-methyl/N-ethyl adjacent to an activating group) is 1. The molecule has 0 saturated carbocycles. The van der Waals surface area contributed by atoms with Crippen molar-refractivity contribution in [2.75, 3.05) is 7.05 Å². The predicted molar refractivity (Wildman–Crippen MR) is 54.5 cm³/mol. The maximum absolute atomic E-state index is 9.66. The zero-order chi connectivity index (χ0) is 9.68. The molecule has 13 heavy (non-hydrogen) atoms. The molecule has 0 heterocycles. The average Bonchev–Trinajstić information content (AvgIpc) is 2.20. The van der Waals surface area contributed by atoms with E-state index in [9.17, 15) is 5.11 Å². The van der Waals surface area contributed by atoms with Crippen molar-refractivity contribution >= 4 is 0 Å². The van der Waals surface area contributed by atoms with Gasteiger partial charge in [0.2, 0.25) is 0 Å². The molecule has 2 unspecified atom stereocenters. The zero-order valence-electron chi connectivity index (χ0n) is 8.20. The predicted octanol–water partition coefficient (Wildman–Crippen LogP) is 1.72. The summed E-state index contributed by atoms with van der Waals surface area (Å²) in [6.07, 6.45) is 0.485. The molecule has 0 amide bonds. The van der Waals surface area contributed by atoms with Crippen molar-refractivity contribution in [3.8, 4) is 0 Å². The summed E-state index contributed by atoms with van der Waals surface area (Å²) in [7, 11) is 1.77. The molecule has 0 fully saturated rings. The van der Waals surface area contributed by atoms with Gasteiger partial charge in [0.15, 0.2) is 0 Å². The van der Waals surface area contributed by atoms with E-state index in [1.54, 1.807) is 7.05 Å². The van der Waals surface area contributed by atoms with Crippen LogP contribution in [0.3, 0.4) is 0 Å². The topological polar surface area (TPSA) is 32.3 Å². The van der Waals surface area contributed by atoms with Gasteiger partial charge < -0.3 is 5.11 Å².